The normalized spacial score (nSPS) is 11.4. The number of benzene rings is 1. The molecule has 0 fully saturated rings. The molecule has 0 amide bonds. The second-order valence-electron chi connectivity index (χ2n) is 2.95. The highest BCUT2D eigenvalue weighted by molar-refractivity contribution is 14.1. The standard InChI is InChI=1S/C9H4ClIN3O2S/c10-8-12-5-13-9(14-8)17(15,16)7-3-1-2-6(11)4-7/h1-4H. The lowest BCUT2D eigenvalue weighted by atomic mass is 10.4. The minimum atomic E-state index is -3.77. The molecular weight excluding hydrogens is 377 g/mol. The predicted octanol–water partition coefficient (Wildman–Crippen LogP) is 1.76. The molecule has 0 atom stereocenters. The summed E-state index contributed by atoms with van der Waals surface area (Å²) >= 11 is 7.53. The van der Waals surface area contributed by atoms with Crippen LogP contribution >= 0.6 is 34.2 Å². The Morgan fingerprint density at radius 3 is 2.71 bits per heavy atom. The predicted molar refractivity (Wildman–Crippen MR) is 68.3 cm³/mol. The van der Waals surface area contributed by atoms with Gasteiger partial charge < -0.3 is 0 Å². The number of sulfone groups is 1. The first-order chi connectivity index (χ1) is 8.00. The Balaban J connectivity index is 2.58. The Labute approximate surface area is 116 Å². The second kappa shape index (κ2) is 4.83. The lowest BCUT2D eigenvalue weighted by molar-refractivity contribution is 0.585. The van der Waals surface area contributed by atoms with E-state index in [2.05, 4.69) is 21.3 Å². The Morgan fingerprint density at radius 1 is 1.29 bits per heavy atom. The highest BCUT2D eigenvalue weighted by Crippen LogP contribution is 2.19. The van der Waals surface area contributed by atoms with Crippen molar-refractivity contribution in [2.45, 2.75) is 10.1 Å². The maximum atomic E-state index is 12.1. The summed E-state index contributed by atoms with van der Waals surface area (Å²) in [7, 11) is -3.77. The van der Waals surface area contributed by atoms with E-state index in [4.69, 9.17) is 11.6 Å². The molecule has 0 unspecified atom stereocenters. The van der Waals surface area contributed by atoms with Crippen molar-refractivity contribution in [3.05, 3.63) is 39.4 Å². The Kier molecular flexibility index (Phi) is 3.59. The van der Waals surface area contributed by atoms with Gasteiger partial charge in [-0.05, 0) is 52.4 Å². The van der Waals surface area contributed by atoms with Crippen LogP contribution in [0, 0.1) is 9.90 Å². The maximum Gasteiger partial charge on any atom is 0.256 e. The molecule has 0 aliphatic carbocycles. The van der Waals surface area contributed by atoms with Gasteiger partial charge >= 0.3 is 0 Å². The van der Waals surface area contributed by atoms with Gasteiger partial charge in [-0.15, -0.1) is 0 Å². The number of hydrogen-bond donors (Lipinski definition) is 0. The Bertz CT molecular complexity index is 611. The third-order valence-electron chi connectivity index (χ3n) is 1.82. The molecule has 2 aromatic rings. The average Bonchev–Trinajstić information content (AvgIpc) is 2.29. The fourth-order valence-electron chi connectivity index (χ4n) is 1.10. The van der Waals surface area contributed by atoms with Crippen molar-refractivity contribution < 1.29 is 8.42 Å². The number of aromatic nitrogens is 3. The third-order valence-corrected chi connectivity index (χ3v) is 4.20. The molecule has 0 bridgehead atoms. The molecule has 0 N–H and O–H groups in total. The van der Waals surface area contributed by atoms with Gasteiger partial charge in [0.15, 0.2) is 0 Å². The molecule has 0 saturated carbocycles. The zero-order valence-corrected chi connectivity index (χ0v) is 11.9. The number of rotatable bonds is 2. The quantitative estimate of drug-likeness (QED) is 0.743. The Hall–Kier alpha value is -0.800. The molecule has 87 valence electrons. The number of hydrogen-bond acceptors (Lipinski definition) is 5. The van der Waals surface area contributed by atoms with Crippen molar-refractivity contribution in [2.24, 2.45) is 0 Å². The first kappa shape index (κ1) is 12.7. The maximum absolute atomic E-state index is 12.1. The van der Waals surface area contributed by atoms with E-state index >= 15 is 0 Å². The van der Waals surface area contributed by atoms with Crippen LogP contribution in [-0.4, -0.2) is 23.4 Å². The molecule has 1 heterocycles. The van der Waals surface area contributed by atoms with E-state index < -0.39 is 15.0 Å². The highest BCUT2D eigenvalue weighted by atomic mass is 127. The summed E-state index contributed by atoms with van der Waals surface area (Å²) in [5.41, 5.74) is 0. The van der Waals surface area contributed by atoms with E-state index in [0.717, 1.165) is 3.57 Å². The second-order valence-corrected chi connectivity index (χ2v) is 6.37. The molecule has 0 aliphatic heterocycles. The molecule has 8 heteroatoms. The van der Waals surface area contributed by atoms with E-state index in [1.807, 2.05) is 22.6 Å². The van der Waals surface area contributed by atoms with E-state index in [1.54, 1.807) is 12.1 Å². The van der Waals surface area contributed by atoms with Gasteiger partial charge in [0.2, 0.25) is 21.4 Å². The van der Waals surface area contributed by atoms with E-state index in [1.165, 1.54) is 12.1 Å². The van der Waals surface area contributed by atoms with Crippen LogP contribution in [0.1, 0.15) is 0 Å². The molecule has 2 rings (SSSR count). The Morgan fingerprint density at radius 2 is 2.06 bits per heavy atom. The summed E-state index contributed by atoms with van der Waals surface area (Å²) in [6.45, 7) is 0. The van der Waals surface area contributed by atoms with Crippen LogP contribution in [-0.2, 0) is 9.84 Å². The van der Waals surface area contributed by atoms with E-state index in [0.29, 0.717) is 0 Å². The molecule has 17 heavy (non-hydrogen) atoms. The van der Waals surface area contributed by atoms with Crippen LogP contribution in [0.5, 0.6) is 0 Å². The lowest BCUT2D eigenvalue weighted by Crippen LogP contribution is -2.08. The third kappa shape index (κ3) is 2.72. The SMILES string of the molecule is O=S(=O)(c1cccc(I)c1)c1n[c]nc(Cl)n1. The van der Waals surface area contributed by atoms with Gasteiger partial charge in [0.25, 0.3) is 5.16 Å². The van der Waals surface area contributed by atoms with E-state index in [-0.39, 0.29) is 10.2 Å². The van der Waals surface area contributed by atoms with Gasteiger partial charge in [-0.3, -0.25) is 0 Å². The van der Waals surface area contributed by atoms with Crippen molar-refractivity contribution in [3.8, 4) is 0 Å². The zero-order chi connectivity index (χ0) is 12.5. The largest absolute Gasteiger partial charge is 0.256 e. The van der Waals surface area contributed by atoms with Crippen molar-refractivity contribution in [3.63, 3.8) is 0 Å². The van der Waals surface area contributed by atoms with Crippen LogP contribution in [0.25, 0.3) is 0 Å². The minimum absolute atomic E-state index is 0.111. The van der Waals surface area contributed by atoms with Gasteiger partial charge in [-0.25, -0.2) is 8.42 Å². The average molecular weight is 381 g/mol. The summed E-state index contributed by atoms with van der Waals surface area (Å²) in [4.78, 5) is 10.6. The fourth-order valence-corrected chi connectivity index (χ4v) is 3.14. The highest BCUT2D eigenvalue weighted by Gasteiger charge is 2.21. The van der Waals surface area contributed by atoms with Crippen LogP contribution in [0.3, 0.4) is 0 Å². The van der Waals surface area contributed by atoms with Gasteiger partial charge in [-0.1, -0.05) is 6.07 Å². The molecule has 1 aromatic carbocycles. The van der Waals surface area contributed by atoms with Gasteiger partial charge in [-0.2, -0.15) is 15.0 Å². The van der Waals surface area contributed by atoms with Gasteiger partial charge in [0.05, 0.1) is 4.90 Å². The van der Waals surface area contributed by atoms with Crippen molar-refractivity contribution in [1.82, 2.24) is 15.0 Å². The molecule has 0 spiro atoms. The molecule has 5 nitrogen and oxygen atoms in total. The van der Waals surface area contributed by atoms with Crippen LogP contribution < -0.4 is 0 Å². The molecule has 1 radical (unpaired) electrons. The lowest BCUT2D eigenvalue weighted by Gasteiger charge is -2.02. The first-order valence-corrected chi connectivity index (χ1v) is 7.22. The van der Waals surface area contributed by atoms with Crippen LogP contribution in [0.2, 0.25) is 5.28 Å². The summed E-state index contributed by atoms with van der Waals surface area (Å²) in [6.07, 6.45) is 2.14. The van der Waals surface area contributed by atoms with Gasteiger partial charge in [0.1, 0.15) is 0 Å². The summed E-state index contributed by atoms with van der Waals surface area (Å²) in [5, 5.41) is -0.608. The summed E-state index contributed by atoms with van der Waals surface area (Å²) in [6, 6.07) is 6.41. The smallest absolute Gasteiger partial charge is 0.215 e. The molecule has 0 saturated heterocycles. The fraction of sp³-hybridized carbons (Fsp3) is 0. The topological polar surface area (TPSA) is 72.8 Å². The number of halogens is 2. The molecular formula is C9H4ClIN3O2S. The molecule has 0 aliphatic rings. The molecule has 1 aromatic heterocycles. The first-order valence-electron chi connectivity index (χ1n) is 4.28. The van der Waals surface area contributed by atoms with Crippen molar-refractivity contribution in [1.29, 1.82) is 0 Å². The van der Waals surface area contributed by atoms with Crippen LogP contribution in [0.4, 0.5) is 0 Å². The van der Waals surface area contributed by atoms with Crippen LogP contribution in [0.15, 0.2) is 34.3 Å². The monoisotopic (exact) mass is 380 g/mol. The zero-order valence-electron chi connectivity index (χ0n) is 8.13. The van der Waals surface area contributed by atoms with Gasteiger partial charge in [0, 0.05) is 3.57 Å². The summed E-state index contributed by atoms with van der Waals surface area (Å²) < 4.78 is 25.0. The summed E-state index contributed by atoms with van der Waals surface area (Å²) in [5.74, 6) is 0. The number of nitrogens with zero attached hydrogens (tertiary/aromatic N) is 3. The van der Waals surface area contributed by atoms with Crippen molar-refractivity contribution >= 4 is 44.0 Å². The van der Waals surface area contributed by atoms with E-state index in [9.17, 15) is 8.42 Å². The van der Waals surface area contributed by atoms with Crippen molar-refractivity contribution in [2.75, 3.05) is 0 Å². The minimum Gasteiger partial charge on any atom is -0.215 e.